The summed E-state index contributed by atoms with van der Waals surface area (Å²) in [6.45, 7) is 0.531. The van der Waals surface area contributed by atoms with E-state index in [1.54, 1.807) is 24.3 Å². The van der Waals surface area contributed by atoms with Gasteiger partial charge in [0, 0.05) is 17.3 Å². The molecule has 0 spiro atoms. The summed E-state index contributed by atoms with van der Waals surface area (Å²) in [4.78, 5) is 11.7. The van der Waals surface area contributed by atoms with E-state index < -0.39 is 0 Å². The maximum atomic E-state index is 11.7. The number of benzene rings is 2. The zero-order chi connectivity index (χ0) is 15.1. The van der Waals surface area contributed by atoms with E-state index in [1.165, 1.54) is 0 Å². The Bertz CT molecular complexity index is 599. The van der Waals surface area contributed by atoms with Crippen LogP contribution >= 0.6 is 11.6 Å². The second-order valence-electron chi connectivity index (χ2n) is 4.59. The lowest BCUT2D eigenvalue weighted by Crippen LogP contribution is -2.30. The first-order chi connectivity index (χ1) is 10.1. The quantitative estimate of drug-likeness (QED) is 0.806. The fourth-order valence-corrected chi connectivity index (χ4v) is 2.02. The first-order valence-corrected chi connectivity index (χ1v) is 7.01. The standard InChI is InChI=1S/C16H17ClN2O2/c17-13-3-1-2-12(10-13)8-9-19-16(20)11-21-15-6-4-14(18)5-7-15/h1-7,10H,8-9,11,18H2,(H,19,20). The minimum absolute atomic E-state index is 0.0144. The number of anilines is 1. The van der Waals surface area contributed by atoms with Gasteiger partial charge in [-0.05, 0) is 48.4 Å². The van der Waals surface area contributed by atoms with Crippen LogP contribution in [0.25, 0.3) is 0 Å². The van der Waals surface area contributed by atoms with Crippen LogP contribution in [0.5, 0.6) is 5.75 Å². The largest absolute Gasteiger partial charge is 0.484 e. The zero-order valence-electron chi connectivity index (χ0n) is 11.5. The molecule has 0 aromatic heterocycles. The average molecular weight is 305 g/mol. The Morgan fingerprint density at radius 3 is 2.67 bits per heavy atom. The number of ether oxygens (including phenoxy) is 1. The van der Waals surface area contributed by atoms with E-state index in [1.807, 2.05) is 24.3 Å². The highest BCUT2D eigenvalue weighted by Crippen LogP contribution is 2.13. The van der Waals surface area contributed by atoms with Crippen molar-refractivity contribution in [3.8, 4) is 5.75 Å². The van der Waals surface area contributed by atoms with Gasteiger partial charge in [0.2, 0.25) is 0 Å². The Morgan fingerprint density at radius 2 is 1.95 bits per heavy atom. The van der Waals surface area contributed by atoms with Crippen LogP contribution in [-0.4, -0.2) is 19.1 Å². The molecular weight excluding hydrogens is 288 g/mol. The minimum atomic E-state index is -0.158. The number of nitrogen functional groups attached to an aromatic ring is 1. The van der Waals surface area contributed by atoms with E-state index >= 15 is 0 Å². The number of carbonyl (C=O) groups is 1. The van der Waals surface area contributed by atoms with E-state index in [0.717, 1.165) is 12.0 Å². The normalized spacial score (nSPS) is 10.1. The predicted molar refractivity (Wildman–Crippen MR) is 84.5 cm³/mol. The van der Waals surface area contributed by atoms with E-state index in [9.17, 15) is 4.79 Å². The molecule has 3 N–H and O–H groups in total. The highest BCUT2D eigenvalue weighted by molar-refractivity contribution is 6.30. The van der Waals surface area contributed by atoms with Crippen molar-refractivity contribution >= 4 is 23.2 Å². The third-order valence-electron chi connectivity index (χ3n) is 2.87. The summed E-state index contributed by atoms with van der Waals surface area (Å²) in [5.41, 5.74) is 7.32. The Hall–Kier alpha value is -2.20. The lowest BCUT2D eigenvalue weighted by molar-refractivity contribution is -0.123. The third kappa shape index (κ3) is 5.36. The Balaban J connectivity index is 1.69. The summed E-state index contributed by atoms with van der Waals surface area (Å²) in [5.74, 6) is 0.461. The maximum absolute atomic E-state index is 11.7. The minimum Gasteiger partial charge on any atom is -0.484 e. The second kappa shape index (κ2) is 7.55. The molecule has 0 bridgehead atoms. The van der Waals surface area contributed by atoms with Crippen LogP contribution < -0.4 is 15.8 Å². The van der Waals surface area contributed by atoms with Gasteiger partial charge in [0.15, 0.2) is 6.61 Å². The monoisotopic (exact) mass is 304 g/mol. The molecular formula is C16H17ClN2O2. The number of nitrogens with two attached hydrogens (primary N) is 1. The van der Waals surface area contributed by atoms with Gasteiger partial charge in [-0.25, -0.2) is 0 Å². The summed E-state index contributed by atoms with van der Waals surface area (Å²) in [7, 11) is 0. The first kappa shape index (κ1) is 15.2. The Kier molecular flexibility index (Phi) is 5.46. The molecule has 0 fully saturated rings. The van der Waals surface area contributed by atoms with Crippen molar-refractivity contribution in [2.45, 2.75) is 6.42 Å². The van der Waals surface area contributed by atoms with E-state index in [0.29, 0.717) is 23.0 Å². The summed E-state index contributed by atoms with van der Waals surface area (Å²) in [6.07, 6.45) is 0.730. The fourth-order valence-electron chi connectivity index (χ4n) is 1.80. The van der Waals surface area contributed by atoms with Crippen molar-refractivity contribution in [3.05, 3.63) is 59.1 Å². The van der Waals surface area contributed by atoms with E-state index in [4.69, 9.17) is 22.1 Å². The van der Waals surface area contributed by atoms with Crippen LogP contribution in [-0.2, 0) is 11.2 Å². The van der Waals surface area contributed by atoms with Gasteiger partial charge >= 0.3 is 0 Å². The fraction of sp³-hybridized carbons (Fsp3) is 0.188. The van der Waals surface area contributed by atoms with Gasteiger partial charge in [-0.15, -0.1) is 0 Å². The molecule has 2 aromatic carbocycles. The molecule has 0 unspecified atom stereocenters. The molecule has 0 radical (unpaired) electrons. The predicted octanol–water partition coefficient (Wildman–Crippen LogP) is 2.66. The zero-order valence-corrected chi connectivity index (χ0v) is 12.3. The number of nitrogens with one attached hydrogen (secondary N) is 1. The van der Waals surface area contributed by atoms with Crippen LogP contribution in [0.4, 0.5) is 5.69 Å². The summed E-state index contributed by atoms with van der Waals surface area (Å²) in [5, 5.41) is 3.50. The molecule has 4 nitrogen and oxygen atoms in total. The molecule has 0 saturated carbocycles. The molecule has 0 heterocycles. The van der Waals surface area contributed by atoms with Crippen molar-refractivity contribution in [1.29, 1.82) is 0 Å². The van der Waals surface area contributed by atoms with Crippen molar-refractivity contribution < 1.29 is 9.53 Å². The number of halogens is 1. The summed E-state index contributed by atoms with van der Waals surface area (Å²) >= 11 is 5.90. The molecule has 0 saturated heterocycles. The Morgan fingerprint density at radius 1 is 1.19 bits per heavy atom. The van der Waals surface area contributed by atoms with Gasteiger partial charge in [-0.3, -0.25) is 4.79 Å². The van der Waals surface area contributed by atoms with Crippen LogP contribution in [0.3, 0.4) is 0 Å². The van der Waals surface area contributed by atoms with Gasteiger partial charge in [-0.2, -0.15) is 0 Å². The highest BCUT2D eigenvalue weighted by Gasteiger charge is 2.02. The summed E-state index contributed by atoms with van der Waals surface area (Å²) < 4.78 is 5.36. The lowest BCUT2D eigenvalue weighted by atomic mass is 10.1. The van der Waals surface area contributed by atoms with Crippen molar-refractivity contribution in [2.24, 2.45) is 0 Å². The van der Waals surface area contributed by atoms with Gasteiger partial charge in [0.25, 0.3) is 5.91 Å². The van der Waals surface area contributed by atoms with Crippen LogP contribution in [0.2, 0.25) is 5.02 Å². The Labute approximate surface area is 128 Å². The van der Waals surface area contributed by atoms with Crippen LogP contribution in [0.1, 0.15) is 5.56 Å². The van der Waals surface area contributed by atoms with Gasteiger partial charge in [0.05, 0.1) is 0 Å². The number of rotatable bonds is 6. The maximum Gasteiger partial charge on any atom is 0.257 e. The summed E-state index contributed by atoms with van der Waals surface area (Å²) in [6, 6.07) is 14.5. The molecule has 1 amide bonds. The molecule has 2 rings (SSSR count). The third-order valence-corrected chi connectivity index (χ3v) is 3.11. The number of carbonyl (C=O) groups excluding carboxylic acids is 1. The molecule has 0 atom stereocenters. The topological polar surface area (TPSA) is 64.3 Å². The lowest BCUT2D eigenvalue weighted by Gasteiger charge is -2.08. The van der Waals surface area contributed by atoms with Crippen molar-refractivity contribution in [1.82, 2.24) is 5.32 Å². The van der Waals surface area contributed by atoms with Crippen molar-refractivity contribution in [2.75, 3.05) is 18.9 Å². The van der Waals surface area contributed by atoms with Crippen LogP contribution in [0, 0.1) is 0 Å². The number of hydrogen-bond acceptors (Lipinski definition) is 3. The molecule has 0 aliphatic heterocycles. The molecule has 0 aliphatic carbocycles. The molecule has 2 aromatic rings. The number of amides is 1. The highest BCUT2D eigenvalue weighted by atomic mass is 35.5. The van der Waals surface area contributed by atoms with E-state index in [-0.39, 0.29) is 12.5 Å². The van der Waals surface area contributed by atoms with E-state index in [2.05, 4.69) is 5.32 Å². The van der Waals surface area contributed by atoms with Crippen LogP contribution in [0.15, 0.2) is 48.5 Å². The molecule has 5 heteroatoms. The van der Waals surface area contributed by atoms with Crippen molar-refractivity contribution in [3.63, 3.8) is 0 Å². The van der Waals surface area contributed by atoms with Gasteiger partial charge in [0.1, 0.15) is 5.75 Å². The van der Waals surface area contributed by atoms with Gasteiger partial charge < -0.3 is 15.8 Å². The molecule has 21 heavy (non-hydrogen) atoms. The SMILES string of the molecule is Nc1ccc(OCC(=O)NCCc2cccc(Cl)c2)cc1. The van der Waals surface area contributed by atoms with Gasteiger partial charge in [-0.1, -0.05) is 23.7 Å². The number of hydrogen-bond donors (Lipinski definition) is 2. The molecule has 110 valence electrons. The molecule has 0 aliphatic rings. The first-order valence-electron chi connectivity index (χ1n) is 6.63. The average Bonchev–Trinajstić information content (AvgIpc) is 2.47. The second-order valence-corrected chi connectivity index (χ2v) is 5.02. The smallest absolute Gasteiger partial charge is 0.257 e.